The standard InChI is InChI=1S/C6H9N3O2/c1-7-4-3-9(2)8-5(4)6(10)11/h3,7H,1-2H3,(H,10,11). The lowest BCUT2D eigenvalue weighted by Crippen LogP contribution is -2.01. The summed E-state index contributed by atoms with van der Waals surface area (Å²) in [5.41, 5.74) is 0.579. The number of hydrogen-bond acceptors (Lipinski definition) is 3. The van der Waals surface area contributed by atoms with Crippen molar-refractivity contribution in [2.24, 2.45) is 7.05 Å². The fourth-order valence-corrected chi connectivity index (χ4v) is 0.829. The van der Waals surface area contributed by atoms with E-state index in [1.165, 1.54) is 4.68 Å². The Kier molecular flexibility index (Phi) is 1.80. The monoisotopic (exact) mass is 155 g/mol. The number of rotatable bonds is 2. The first kappa shape index (κ1) is 7.59. The van der Waals surface area contributed by atoms with Crippen LogP contribution in [0.25, 0.3) is 0 Å². The highest BCUT2D eigenvalue weighted by Crippen LogP contribution is 2.10. The quantitative estimate of drug-likeness (QED) is 0.638. The summed E-state index contributed by atoms with van der Waals surface area (Å²) in [6, 6.07) is 0. The maximum atomic E-state index is 10.5. The van der Waals surface area contributed by atoms with Crippen molar-refractivity contribution in [1.82, 2.24) is 9.78 Å². The van der Waals surface area contributed by atoms with Crippen LogP contribution in [0.3, 0.4) is 0 Å². The van der Waals surface area contributed by atoms with Crippen molar-refractivity contribution in [3.63, 3.8) is 0 Å². The maximum Gasteiger partial charge on any atom is 0.358 e. The highest BCUT2D eigenvalue weighted by molar-refractivity contribution is 5.91. The van der Waals surface area contributed by atoms with Crippen molar-refractivity contribution in [3.05, 3.63) is 11.9 Å². The van der Waals surface area contributed by atoms with Crippen molar-refractivity contribution in [3.8, 4) is 0 Å². The predicted octanol–water partition coefficient (Wildman–Crippen LogP) is 0.160. The van der Waals surface area contributed by atoms with E-state index in [1.54, 1.807) is 20.3 Å². The summed E-state index contributed by atoms with van der Waals surface area (Å²) in [7, 11) is 3.33. The second-order valence-electron chi connectivity index (χ2n) is 2.12. The number of hydrogen-bond donors (Lipinski definition) is 2. The molecular weight excluding hydrogens is 146 g/mol. The summed E-state index contributed by atoms with van der Waals surface area (Å²) < 4.78 is 1.45. The van der Waals surface area contributed by atoms with E-state index in [9.17, 15) is 4.79 Å². The highest BCUT2D eigenvalue weighted by Gasteiger charge is 2.12. The molecule has 0 saturated heterocycles. The van der Waals surface area contributed by atoms with Gasteiger partial charge in [0.15, 0.2) is 5.69 Å². The van der Waals surface area contributed by atoms with Gasteiger partial charge < -0.3 is 10.4 Å². The molecule has 0 radical (unpaired) electrons. The first-order valence-corrected chi connectivity index (χ1v) is 3.10. The summed E-state index contributed by atoms with van der Waals surface area (Å²) in [5, 5.41) is 15.1. The summed E-state index contributed by atoms with van der Waals surface area (Å²) in [6.07, 6.45) is 1.61. The number of aromatic nitrogens is 2. The van der Waals surface area contributed by atoms with E-state index in [0.29, 0.717) is 5.69 Å². The molecule has 5 nitrogen and oxygen atoms in total. The Bertz CT molecular complexity index is 279. The van der Waals surface area contributed by atoms with Crippen LogP contribution in [0.5, 0.6) is 0 Å². The zero-order chi connectivity index (χ0) is 8.43. The molecule has 1 aromatic rings. The van der Waals surface area contributed by atoms with Crippen molar-refractivity contribution in [2.75, 3.05) is 12.4 Å². The van der Waals surface area contributed by atoms with Crippen molar-refractivity contribution >= 4 is 11.7 Å². The fourth-order valence-electron chi connectivity index (χ4n) is 0.829. The lowest BCUT2D eigenvalue weighted by atomic mass is 10.4. The minimum Gasteiger partial charge on any atom is -0.476 e. The molecule has 0 amide bonds. The Morgan fingerprint density at radius 3 is 2.82 bits per heavy atom. The first-order chi connectivity index (χ1) is 5.15. The van der Waals surface area contributed by atoms with E-state index in [-0.39, 0.29) is 5.69 Å². The lowest BCUT2D eigenvalue weighted by Gasteiger charge is -1.92. The molecule has 1 heterocycles. The molecule has 1 aromatic heterocycles. The molecule has 60 valence electrons. The van der Waals surface area contributed by atoms with Crippen molar-refractivity contribution in [1.29, 1.82) is 0 Å². The Balaban J connectivity index is 3.12. The van der Waals surface area contributed by atoms with Gasteiger partial charge in [0, 0.05) is 20.3 Å². The van der Waals surface area contributed by atoms with Crippen LogP contribution in [0, 0.1) is 0 Å². The molecule has 11 heavy (non-hydrogen) atoms. The zero-order valence-corrected chi connectivity index (χ0v) is 6.33. The van der Waals surface area contributed by atoms with E-state index in [1.807, 2.05) is 0 Å². The first-order valence-electron chi connectivity index (χ1n) is 3.10. The number of nitrogens with one attached hydrogen (secondary N) is 1. The van der Waals surface area contributed by atoms with Gasteiger partial charge in [0.25, 0.3) is 0 Å². The summed E-state index contributed by atoms with van der Waals surface area (Å²) in [4.78, 5) is 10.5. The molecule has 0 atom stereocenters. The topological polar surface area (TPSA) is 67.2 Å². The van der Waals surface area contributed by atoms with E-state index in [0.717, 1.165) is 0 Å². The van der Waals surface area contributed by atoms with Gasteiger partial charge in [0.1, 0.15) is 0 Å². The van der Waals surface area contributed by atoms with Crippen molar-refractivity contribution in [2.45, 2.75) is 0 Å². The second kappa shape index (κ2) is 2.61. The molecule has 0 fully saturated rings. The minimum absolute atomic E-state index is 0.0509. The molecule has 0 spiro atoms. The van der Waals surface area contributed by atoms with Gasteiger partial charge in [-0.1, -0.05) is 0 Å². The molecule has 0 saturated carbocycles. The summed E-state index contributed by atoms with van der Waals surface area (Å²) >= 11 is 0. The van der Waals surface area contributed by atoms with Crippen LogP contribution in [-0.2, 0) is 7.05 Å². The van der Waals surface area contributed by atoms with Gasteiger partial charge >= 0.3 is 5.97 Å². The third-order valence-corrected chi connectivity index (χ3v) is 1.30. The zero-order valence-electron chi connectivity index (χ0n) is 6.33. The number of aryl methyl sites for hydroxylation is 1. The van der Waals surface area contributed by atoms with Crippen LogP contribution in [0.1, 0.15) is 10.5 Å². The molecule has 0 aromatic carbocycles. The molecule has 0 aliphatic heterocycles. The van der Waals surface area contributed by atoms with Gasteiger partial charge in [0.05, 0.1) is 5.69 Å². The maximum absolute atomic E-state index is 10.5. The van der Waals surface area contributed by atoms with Crippen LogP contribution in [0.4, 0.5) is 5.69 Å². The third kappa shape index (κ3) is 1.31. The highest BCUT2D eigenvalue weighted by atomic mass is 16.4. The molecular formula is C6H9N3O2. The third-order valence-electron chi connectivity index (χ3n) is 1.30. The molecule has 0 bridgehead atoms. The number of carboxylic acids is 1. The van der Waals surface area contributed by atoms with E-state index >= 15 is 0 Å². The Morgan fingerprint density at radius 2 is 2.45 bits per heavy atom. The van der Waals surface area contributed by atoms with Gasteiger partial charge in [-0.2, -0.15) is 5.10 Å². The number of aromatic carboxylic acids is 1. The number of anilines is 1. The Hall–Kier alpha value is -1.52. The van der Waals surface area contributed by atoms with Gasteiger partial charge in [-0.05, 0) is 0 Å². The number of carboxylic acid groups (broad SMARTS) is 1. The van der Waals surface area contributed by atoms with Crippen LogP contribution in [0.15, 0.2) is 6.20 Å². The number of carbonyl (C=O) groups is 1. The smallest absolute Gasteiger partial charge is 0.358 e. The van der Waals surface area contributed by atoms with Gasteiger partial charge in [-0.3, -0.25) is 4.68 Å². The Morgan fingerprint density at radius 1 is 1.82 bits per heavy atom. The summed E-state index contributed by atoms with van der Waals surface area (Å²) in [5.74, 6) is -1.02. The van der Waals surface area contributed by atoms with E-state index in [4.69, 9.17) is 5.11 Å². The normalized spacial score (nSPS) is 9.64. The van der Waals surface area contributed by atoms with Gasteiger partial charge in [-0.25, -0.2) is 4.79 Å². The lowest BCUT2D eigenvalue weighted by molar-refractivity contribution is 0.0690. The van der Waals surface area contributed by atoms with Crippen LogP contribution in [-0.4, -0.2) is 27.9 Å². The van der Waals surface area contributed by atoms with E-state index in [2.05, 4.69) is 10.4 Å². The molecule has 1 rings (SSSR count). The minimum atomic E-state index is -1.02. The molecule has 0 aliphatic rings. The van der Waals surface area contributed by atoms with Crippen LogP contribution in [0.2, 0.25) is 0 Å². The molecule has 0 aliphatic carbocycles. The van der Waals surface area contributed by atoms with Gasteiger partial charge in [0.2, 0.25) is 0 Å². The largest absolute Gasteiger partial charge is 0.476 e. The summed E-state index contributed by atoms with van der Waals surface area (Å²) in [6.45, 7) is 0. The molecule has 0 unspecified atom stereocenters. The van der Waals surface area contributed by atoms with Crippen LogP contribution < -0.4 is 5.32 Å². The average molecular weight is 155 g/mol. The SMILES string of the molecule is CNc1cn(C)nc1C(=O)O. The molecule has 2 N–H and O–H groups in total. The predicted molar refractivity (Wildman–Crippen MR) is 39.7 cm³/mol. The second-order valence-corrected chi connectivity index (χ2v) is 2.12. The van der Waals surface area contributed by atoms with Gasteiger partial charge in [-0.15, -0.1) is 0 Å². The number of nitrogens with zero attached hydrogens (tertiary/aromatic N) is 2. The average Bonchev–Trinajstić information content (AvgIpc) is 2.30. The van der Waals surface area contributed by atoms with E-state index < -0.39 is 5.97 Å². The van der Waals surface area contributed by atoms with Crippen LogP contribution >= 0.6 is 0 Å². The molecule has 5 heteroatoms. The van der Waals surface area contributed by atoms with Crippen molar-refractivity contribution < 1.29 is 9.90 Å². The Labute approximate surface area is 63.6 Å². The fraction of sp³-hybridized carbons (Fsp3) is 0.333.